The van der Waals surface area contributed by atoms with Gasteiger partial charge in [0.05, 0.1) is 34.5 Å². The average molecular weight is 663 g/mol. The van der Waals surface area contributed by atoms with Crippen LogP contribution in [0.2, 0.25) is 0 Å². The molecule has 1 saturated heterocycles. The van der Waals surface area contributed by atoms with Gasteiger partial charge in [0.1, 0.15) is 18.4 Å². The van der Waals surface area contributed by atoms with E-state index in [2.05, 4.69) is 20.7 Å². The summed E-state index contributed by atoms with van der Waals surface area (Å²) < 4.78 is 41.3. The molecule has 14 heteroatoms. The number of benzene rings is 3. The molecule has 0 bridgehead atoms. The van der Waals surface area contributed by atoms with E-state index in [9.17, 15) is 14.0 Å². The van der Waals surface area contributed by atoms with E-state index >= 15 is 0 Å². The molecule has 2 amide bonds. The molecule has 1 fully saturated rings. The lowest BCUT2D eigenvalue weighted by Crippen LogP contribution is -2.47. The number of halogens is 1. The molecule has 1 aromatic heterocycles. The fourth-order valence-corrected chi connectivity index (χ4v) is 5.53. The second-order valence-corrected chi connectivity index (χ2v) is 11.1. The highest BCUT2D eigenvalue weighted by Gasteiger charge is 2.33. The zero-order valence-corrected chi connectivity index (χ0v) is 27.3. The summed E-state index contributed by atoms with van der Waals surface area (Å²) in [5.74, 6) is 1.06. The highest BCUT2D eigenvalue weighted by atomic mass is 19.1. The van der Waals surface area contributed by atoms with Gasteiger partial charge < -0.3 is 33.9 Å². The van der Waals surface area contributed by atoms with E-state index in [1.807, 2.05) is 12.1 Å². The molecule has 0 saturated carbocycles. The van der Waals surface area contributed by atoms with Gasteiger partial charge in [-0.25, -0.2) is 4.39 Å². The highest BCUT2D eigenvalue weighted by molar-refractivity contribution is 5.88. The zero-order valence-electron chi connectivity index (χ0n) is 27.3. The van der Waals surface area contributed by atoms with Crippen molar-refractivity contribution in [2.45, 2.75) is 38.0 Å². The quantitative estimate of drug-likeness (QED) is 0.201. The summed E-state index contributed by atoms with van der Waals surface area (Å²) in [4.78, 5) is 30.7. The third-order valence-corrected chi connectivity index (χ3v) is 8.05. The van der Waals surface area contributed by atoms with Crippen LogP contribution in [-0.2, 0) is 27.3 Å². The number of hydrogen-bond acceptors (Lipinski definition) is 10. The predicted molar refractivity (Wildman–Crippen MR) is 172 cm³/mol. The Hall–Kier alpha value is -5.24. The number of methoxy groups -OCH3 is 4. The van der Waals surface area contributed by atoms with Gasteiger partial charge in [-0.05, 0) is 78.1 Å². The zero-order chi connectivity index (χ0) is 34.0. The molecular weight excluding hydrogens is 623 g/mol. The minimum atomic E-state index is -1.09. The Labute approximate surface area is 277 Å². The lowest BCUT2D eigenvalue weighted by molar-refractivity contribution is -0.141. The summed E-state index contributed by atoms with van der Waals surface area (Å²) in [7, 11) is 6.16. The molecule has 2 atom stereocenters. The summed E-state index contributed by atoms with van der Waals surface area (Å²) in [5.41, 5.74) is 1.89. The van der Waals surface area contributed by atoms with Crippen LogP contribution in [0.5, 0.6) is 23.0 Å². The van der Waals surface area contributed by atoms with E-state index in [4.69, 9.17) is 23.7 Å². The molecule has 13 nitrogen and oxygen atoms in total. The fraction of sp³-hybridized carbons (Fsp3) is 0.382. The van der Waals surface area contributed by atoms with Gasteiger partial charge in [-0.15, -0.1) is 10.2 Å². The number of carbonyl (C=O) groups is 2. The maximum Gasteiger partial charge on any atom is 0.247 e. The monoisotopic (exact) mass is 662 g/mol. The van der Waals surface area contributed by atoms with E-state index in [1.165, 1.54) is 48.2 Å². The Kier molecular flexibility index (Phi) is 11.4. The molecule has 5 rings (SSSR count). The molecule has 1 aliphatic rings. The van der Waals surface area contributed by atoms with Crippen molar-refractivity contribution in [2.75, 3.05) is 48.1 Å². The standard InChI is InChI=1S/C34H39FN6O7/c1-44-27-13-7-22(18-29(27)46-3)15-16-40(32(23-8-11-25(35)12-9-23)34(43)36-20-26-6-5-17-48-26)31(42)21-41-38-33(37-39-41)24-10-14-28(45-2)30(19-24)47-4/h7-14,18-19,26,32H,5-6,15-17,20-21H2,1-4H3,(H,36,43)/t26-,32-/m0/s1. The lowest BCUT2D eigenvalue weighted by Gasteiger charge is -2.32. The van der Waals surface area contributed by atoms with Crippen LogP contribution in [0.4, 0.5) is 4.39 Å². The van der Waals surface area contributed by atoms with Crippen molar-refractivity contribution in [2.24, 2.45) is 0 Å². The molecular formula is C34H39FN6O7. The van der Waals surface area contributed by atoms with Crippen molar-refractivity contribution in [3.05, 3.63) is 77.6 Å². The molecule has 1 aliphatic heterocycles. The third-order valence-electron chi connectivity index (χ3n) is 8.05. The van der Waals surface area contributed by atoms with Gasteiger partial charge in [0.25, 0.3) is 0 Å². The first-order valence-electron chi connectivity index (χ1n) is 15.5. The summed E-state index contributed by atoms with van der Waals surface area (Å²) in [6.45, 7) is 0.728. The van der Waals surface area contributed by atoms with Crippen molar-refractivity contribution in [1.82, 2.24) is 30.4 Å². The van der Waals surface area contributed by atoms with E-state index < -0.39 is 23.7 Å². The molecule has 0 unspecified atom stereocenters. The van der Waals surface area contributed by atoms with Gasteiger partial charge in [0.15, 0.2) is 23.0 Å². The number of hydrogen-bond donors (Lipinski definition) is 1. The number of rotatable bonds is 15. The van der Waals surface area contributed by atoms with Crippen molar-refractivity contribution in [3.63, 3.8) is 0 Å². The van der Waals surface area contributed by atoms with E-state index in [1.54, 1.807) is 38.5 Å². The van der Waals surface area contributed by atoms with E-state index in [0.29, 0.717) is 47.2 Å². The lowest BCUT2D eigenvalue weighted by atomic mass is 10.0. The van der Waals surface area contributed by atoms with Crippen LogP contribution in [0.3, 0.4) is 0 Å². The molecule has 0 spiro atoms. The highest BCUT2D eigenvalue weighted by Crippen LogP contribution is 2.31. The third kappa shape index (κ3) is 8.18. The summed E-state index contributed by atoms with van der Waals surface area (Å²) in [6.07, 6.45) is 1.98. The Morgan fingerprint density at radius 2 is 1.65 bits per heavy atom. The number of aromatic nitrogens is 4. The first kappa shape index (κ1) is 34.1. The van der Waals surface area contributed by atoms with Crippen LogP contribution in [0.1, 0.15) is 30.0 Å². The van der Waals surface area contributed by atoms with Crippen molar-refractivity contribution >= 4 is 11.8 Å². The van der Waals surface area contributed by atoms with Crippen LogP contribution in [0.25, 0.3) is 11.4 Å². The van der Waals surface area contributed by atoms with Crippen LogP contribution in [0, 0.1) is 5.82 Å². The number of carbonyl (C=O) groups excluding carboxylic acids is 2. The SMILES string of the molecule is COc1ccc(CCN(C(=O)Cn2nnc(-c3ccc(OC)c(OC)c3)n2)[C@H](C(=O)NC[C@@H]2CCCO2)c2ccc(F)cc2)cc1OC. The molecule has 48 heavy (non-hydrogen) atoms. The molecule has 2 heterocycles. The molecule has 4 aromatic rings. The summed E-state index contributed by atoms with van der Waals surface area (Å²) in [6, 6.07) is 15.1. The van der Waals surface area contributed by atoms with Crippen LogP contribution in [0.15, 0.2) is 60.7 Å². The largest absolute Gasteiger partial charge is 0.493 e. The molecule has 0 aliphatic carbocycles. The van der Waals surface area contributed by atoms with E-state index in [0.717, 1.165) is 18.4 Å². The Morgan fingerprint density at radius 3 is 2.31 bits per heavy atom. The number of amides is 2. The molecule has 254 valence electrons. The number of tetrazole rings is 1. The van der Waals surface area contributed by atoms with Gasteiger partial charge in [0.2, 0.25) is 17.6 Å². The van der Waals surface area contributed by atoms with Crippen molar-refractivity contribution in [3.8, 4) is 34.4 Å². The van der Waals surface area contributed by atoms with Crippen molar-refractivity contribution in [1.29, 1.82) is 0 Å². The van der Waals surface area contributed by atoms with Gasteiger partial charge in [0, 0.05) is 25.3 Å². The average Bonchev–Trinajstić information content (AvgIpc) is 3.82. The maximum atomic E-state index is 14.2. The van der Waals surface area contributed by atoms with Gasteiger partial charge in [-0.3, -0.25) is 9.59 Å². The summed E-state index contributed by atoms with van der Waals surface area (Å²) in [5, 5.41) is 15.6. The van der Waals surface area contributed by atoms with Gasteiger partial charge in [-0.2, -0.15) is 4.80 Å². The number of ether oxygens (including phenoxy) is 5. The Morgan fingerprint density at radius 1 is 0.958 bits per heavy atom. The minimum absolute atomic E-state index is 0.118. The Bertz CT molecular complexity index is 1690. The molecule has 0 radical (unpaired) electrons. The first-order chi connectivity index (χ1) is 23.3. The smallest absolute Gasteiger partial charge is 0.247 e. The summed E-state index contributed by atoms with van der Waals surface area (Å²) >= 11 is 0. The van der Waals surface area contributed by atoms with Gasteiger partial charge >= 0.3 is 0 Å². The normalized spacial score (nSPS) is 14.6. The number of nitrogens with one attached hydrogen (secondary N) is 1. The molecule has 1 N–H and O–H groups in total. The second-order valence-electron chi connectivity index (χ2n) is 11.1. The molecule has 3 aromatic carbocycles. The second kappa shape index (κ2) is 16.0. The maximum absolute atomic E-state index is 14.2. The van der Waals surface area contributed by atoms with Crippen LogP contribution in [-0.4, -0.2) is 91.2 Å². The fourth-order valence-electron chi connectivity index (χ4n) is 5.53. The van der Waals surface area contributed by atoms with Gasteiger partial charge in [-0.1, -0.05) is 18.2 Å². The van der Waals surface area contributed by atoms with Crippen LogP contribution < -0.4 is 24.3 Å². The topological polar surface area (TPSA) is 139 Å². The number of nitrogens with zero attached hydrogens (tertiary/aromatic N) is 5. The van der Waals surface area contributed by atoms with Crippen LogP contribution >= 0.6 is 0 Å². The minimum Gasteiger partial charge on any atom is -0.493 e. The first-order valence-corrected chi connectivity index (χ1v) is 15.5. The van der Waals surface area contributed by atoms with E-state index in [-0.39, 0.29) is 31.6 Å². The Balaban J connectivity index is 1.44. The predicted octanol–water partition coefficient (Wildman–Crippen LogP) is 3.62. The van der Waals surface area contributed by atoms with Crippen molar-refractivity contribution < 1.29 is 37.7 Å².